The van der Waals surface area contributed by atoms with Crippen LogP contribution >= 0.6 is 11.6 Å². The Morgan fingerprint density at radius 2 is 2.04 bits per heavy atom. The Labute approximate surface area is 159 Å². The molecule has 0 spiro atoms. The number of hydrogen-bond acceptors (Lipinski definition) is 3. The fourth-order valence-corrected chi connectivity index (χ4v) is 3.80. The summed E-state index contributed by atoms with van der Waals surface area (Å²) in [7, 11) is 0. The third-order valence-corrected chi connectivity index (χ3v) is 5.77. The summed E-state index contributed by atoms with van der Waals surface area (Å²) in [6.07, 6.45) is -1.31. The minimum absolute atomic E-state index is 0.0664. The Kier molecular flexibility index (Phi) is 5.88. The van der Waals surface area contributed by atoms with E-state index in [9.17, 15) is 19.8 Å². The molecule has 144 valence electrons. The third kappa shape index (κ3) is 3.53. The van der Waals surface area contributed by atoms with Crippen LogP contribution in [0.5, 0.6) is 0 Å². The van der Waals surface area contributed by atoms with Gasteiger partial charge in [0.15, 0.2) is 0 Å². The van der Waals surface area contributed by atoms with Crippen LogP contribution in [0, 0.1) is 5.41 Å². The number of rotatable bonds is 4. The second-order valence-electron chi connectivity index (χ2n) is 7.83. The molecule has 1 aromatic rings. The van der Waals surface area contributed by atoms with Crippen LogP contribution in [-0.4, -0.2) is 46.1 Å². The van der Waals surface area contributed by atoms with Crippen molar-refractivity contribution in [1.82, 2.24) is 10.2 Å². The van der Waals surface area contributed by atoms with Gasteiger partial charge in [0.25, 0.3) is 0 Å². The van der Waals surface area contributed by atoms with Gasteiger partial charge in [-0.25, -0.2) is 4.79 Å². The average Bonchev–Trinajstić information content (AvgIpc) is 2.57. The van der Waals surface area contributed by atoms with Crippen LogP contribution in [0.4, 0.5) is 4.79 Å². The molecule has 1 aromatic carbocycles. The largest absolute Gasteiger partial charge is 0.465 e. The van der Waals surface area contributed by atoms with Gasteiger partial charge in [0.05, 0.1) is 11.6 Å². The summed E-state index contributed by atoms with van der Waals surface area (Å²) in [5.74, 6) is -0.498. The monoisotopic (exact) mass is 382 g/mol. The van der Waals surface area contributed by atoms with Crippen LogP contribution in [0.2, 0.25) is 0 Å². The summed E-state index contributed by atoms with van der Waals surface area (Å²) < 4.78 is 0. The maximum absolute atomic E-state index is 11.9. The first kappa shape index (κ1) is 20.5. The molecule has 26 heavy (non-hydrogen) atoms. The van der Waals surface area contributed by atoms with Crippen molar-refractivity contribution < 1.29 is 19.8 Å². The van der Waals surface area contributed by atoms with Gasteiger partial charge >= 0.3 is 6.09 Å². The average molecular weight is 383 g/mol. The number of alkyl halides is 1. The van der Waals surface area contributed by atoms with Crippen LogP contribution in [0.3, 0.4) is 0 Å². The van der Waals surface area contributed by atoms with E-state index >= 15 is 0 Å². The van der Waals surface area contributed by atoms with E-state index in [4.69, 9.17) is 11.6 Å². The van der Waals surface area contributed by atoms with Crippen molar-refractivity contribution >= 4 is 23.6 Å². The van der Waals surface area contributed by atoms with E-state index in [1.165, 1.54) is 4.90 Å². The van der Waals surface area contributed by atoms with Crippen LogP contribution in [0.1, 0.15) is 50.5 Å². The molecule has 1 aliphatic rings. The lowest BCUT2D eigenvalue weighted by Gasteiger charge is -2.52. The van der Waals surface area contributed by atoms with Gasteiger partial charge in [-0.05, 0) is 35.4 Å². The van der Waals surface area contributed by atoms with Crippen LogP contribution in [0.15, 0.2) is 18.2 Å². The number of hydrogen-bond donors (Lipinski definition) is 3. The number of nitrogens with zero attached hydrogens (tertiary/aromatic N) is 1. The summed E-state index contributed by atoms with van der Waals surface area (Å²) in [4.78, 5) is 24.7. The van der Waals surface area contributed by atoms with Crippen molar-refractivity contribution in [3.05, 3.63) is 34.9 Å². The second kappa shape index (κ2) is 7.45. The molecule has 6 nitrogen and oxygen atoms in total. The summed E-state index contributed by atoms with van der Waals surface area (Å²) >= 11 is 5.48. The molecule has 0 aliphatic carbocycles. The highest BCUT2D eigenvalue weighted by Crippen LogP contribution is 2.48. The first-order valence-corrected chi connectivity index (χ1v) is 9.21. The van der Waals surface area contributed by atoms with Gasteiger partial charge in [-0.2, -0.15) is 0 Å². The molecule has 1 heterocycles. The van der Waals surface area contributed by atoms with E-state index in [0.717, 1.165) is 16.7 Å². The van der Waals surface area contributed by atoms with Gasteiger partial charge in [-0.1, -0.05) is 39.0 Å². The van der Waals surface area contributed by atoms with Gasteiger partial charge in [-0.3, -0.25) is 9.69 Å². The lowest BCUT2D eigenvalue weighted by Crippen LogP contribution is -2.58. The van der Waals surface area contributed by atoms with Crippen LogP contribution < -0.4 is 5.32 Å². The predicted molar refractivity (Wildman–Crippen MR) is 100 cm³/mol. The van der Waals surface area contributed by atoms with Gasteiger partial charge in [-0.15, -0.1) is 11.6 Å². The molecule has 2 amide bonds. The van der Waals surface area contributed by atoms with E-state index in [0.29, 0.717) is 13.0 Å². The number of carbonyl (C=O) groups excluding carboxylic acids is 1. The number of aliphatic hydroxyl groups is 1. The maximum atomic E-state index is 11.9. The molecule has 1 aliphatic heterocycles. The standard InChI is InChI=1S/C19H27ClN2O4/c1-18(2,3)19(4)14-7-5-6-13(15(23)11-21-16(24)10-20)12(14)8-9-22(19)17(25)26/h5-7,15,23H,8-11H2,1-4H3,(H,21,24)(H,25,26)/t15?,19-/m1/s1. The second-order valence-corrected chi connectivity index (χ2v) is 8.10. The van der Waals surface area contributed by atoms with Gasteiger partial charge in [0.1, 0.15) is 5.88 Å². The van der Waals surface area contributed by atoms with E-state index in [-0.39, 0.29) is 23.7 Å². The Morgan fingerprint density at radius 3 is 2.58 bits per heavy atom. The number of carboxylic acid groups (broad SMARTS) is 1. The fraction of sp³-hybridized carbons (Fsp3) is 0.579. The van der Waals surface area contributed by atoms with Crippen LogP contribution in [-0.2, 0) is 16.8 Å². The number of benzene rings is 1. The fourth-order valence-electron chi connectivity index (χ4n) is 3.71. The molecule has 0 fully saturated rings. The molecule has 1 unspecified atom stereocenters. The zero-order valence-electron chi connectivity index (χ0n) is 15.7. The minimum Gasteiger partial charge on any atom is -0.465 e. The molecule has 0 radical (unpaired) electrons. The molecule has 3 N–H and O–H groups in total. The van der Waals surface area contributed by atoms with Crippen molar-refractivity contribution in [3.8, 4) is 0 Å². The number of aliphatic hydroxyl groups excluding tert-OH is 1. The van der Waals surface area contributed by atoms with E-state index in [1.54, 1.807) is 0 Å². The minimum atomic E-state index is -0.951. The van der Waals surface area contributed by atoms with Crippen molar-refractivity contribution in [2.75, 3.05) is 19.0 Å². The van der Waals surface area contributed by atoms with Gasteiger partial charge < -0.3 is 15.5 Å². The molecule has 0 aromatic heterocycles. The molecule has 0 saturated carbocycles. The number of carbonyl (C=O) groups is 2. The van der Waals surface area contributed by atoms with Gasteiger partial charge in [0, 0.05) is 13.1 Å². The zero-order valence-corrected chi connectivity index (χ0v) is 16.4. The highest BCUT2D eigenvalue weighted by atomic mass is 35.5. The molecule has 2 rings (SSSR count). The van der Waals surface area contributed by atoms with Crippen LogP contribution in [0.25, 0.3) is 0 Å². The smallest absolute Gasteiger partial charge is 0.408 e. The Hall–Kier alpha value is -1.79. The summed E-state index contributed by atoms with van der Waals surface area (Å²) in [5.41, 5.74) is 1.49. The quantitative estimate of drug-likeness (QED) is 0.698. The summed E-state index contributed by atoms with van der Waals surface area (Å²) in [6, 6.07) is 5.59. The number of nitrogens with one attached hydrogen (secondary N) is 1. The van der Waals surface area contributed by atoms with E-state index in [2.05, 4.69) is 5.32 Å². The molecule has 2 atom stereocenters. The summed E-state index contributed by atoms with van der Waals surface area (Å²) in [6.45, 7) is 8.40. The maximum Gasteiger partial charge on any atom is 0.408 e. The lowest BCUT2D eigenvalue weighted by atomic mass is 9.65. The molecular formula is C19H27ClN2O4. The van der Waals surface area contributed by atoms with Crippen molar-refractivity contribution in [1.29, 1.82) is 0 Å². The first-order valence-electron chi connectivity index (χ1n) is 8.67. The molecule has 7 heteroatoms. The topological polar surface area (TPSA) is 89.9 Å². The Balaban J connectivity index is 2.49. The first-order chi connectivity index (χ1) is 12.0. The highest BCUT2D eigenvalue weighted by Gasteiger charge is 2.49. The Bertz CT molecular complexity index is 701. The highest BCUT2D eigenvalue weighted by molar-refractivity contribution is 6.27. The lowest BCUT2D eigenvalue weighted by molar-refractivity contribution is -0.119. The zero-order chi connectivity index (χ0) is 19.7. The van der Waals surface area contributed by atoms with E-state index < -0.39 is 17.7 Å². The third-order valence-electron chi connectivity index (χ3n) is 5.53. The summed E-state index contributed by atoms with van der Waals surface area (Å²) in [5, 5.41) is 22.9. The van der Waals surface area contributed by atoms with E-state index in [1.807, 2.05) is 45.9 Å². The van der Waals surface area contributed by atoms with Gasteiger partial charge in [0.2, 0.25) is 5.91 Å². The number of halogens is 1. The Morgan fingerprint density at radius 1 is 1.38 bits per heavy atom. The number of fused-ring (bicyclic) bond motifs is 1. The molecule has 0 bridgehead atoms. The predicted octanol–water partition coefficient (Wildman–Crippen LogP) is 2.87. The van der Waals surface area contributed by atoms with Crippen molar-refractivity contribution in [2.24, 2.45) is 5.41 Å². The molecule has 0 saturated heterocycles. The molecular weight excluding hydrogens is 356 g/mol. The number of amides is 2. The SMILES string of the molecule is CC(C)(C)[C@@]1(C)c2cccc(C(O)CNC(=O)CCl)c2CCN1C(=O)O. The van der Waals surface area contributed by atoms with Crippen molar-refractivity contribution in [2.45, 2.75) is 45.8 Å². The normalized spacial score (nSPS) is 21.1. The van der Waals surface area contributed by atoms with Crippen molar-refractivity contribution in [3.63, 3.8) is 0 Å².